The molecule has 37 heavy (non-hydrogen) atoms. The lowest BCUT2D eigenvalue weighted by molar-refractivity contribution is -0.144. The Balaban J connectivity index is 1.81. The molecule has 0 amide bonds. The molecule has 12 heteroatoms. The molecule has 2 aromatic carbocycles. The summed E-state index contributed by atoms with van der Waals surface area (Å²) < 4.78 is 73.5. The third-order valence-corrected chi connectivity index (χ3v) is 7.06. The molecule has 0 aliphatic heterocycles. The minimum Gasteiger partial charge on any atom is -0.337 e. The number of hydrogen-bond acceptors (Lipinski definition) is 7. The van der Waals surface area contributed by atoms with E-state index in [-0.39, 0.29) is 17.3 Å². The molecular formula is C25H24F3N5O3S. The first-order valence-corrected chi connectivity index (χ1v) is 12.6. The summed E-state index contributed by atoms with van der Waals surface area (Å²) in [6.07, 6.45) is -1.27. The first-order chi connectivity index (χ1) is 17.4. The van der Waals surface area contributed by atoms with Crippen molar-refractivity contribution in [1.82, 2.24) is 20.0 Å². The number of benzene rings is 2. The first-order valence-electron chi connectivity index (χ1n) is 11.2. The lowest BCUT2D eigenvalue weighted by Crippen LogP contribution is -2.30. The molecule has 0 radical (unpaired) electrons. The van der Waals surface area contributed by atoms with E-state index in [2.05, 4.69) is 19.8 Å². The Kier molecular flexibility index (Phi) is 7.32. The van der Waals surface area contributed by atoms with Crippen LogP contribution in [0.4, 0.5) is 19.1 Å². The van der Waals surface area contributed by atoms with E-state index in [0.29, 0.717) is 39.3 Å². The van der Waals surface area contributed by atoms with Gasteiger partial charge in [-0.3, -0.25) is 4.90 Å². The maximum absolute atomic E-state index is 13.4. The predicted molar refractivity (Wildman–Crippen MR) is 132 cm³/mol. The molecule has 2 heterocycles. The van der Waals surface area contributed by atoms with Gasteiger partial charge in [0.1, 0.15) is 0 Å². The van der Waals surface area contributed by atoms with Gasteiger partial charge in [0.15, 0.2) is 5.82 Å². The molecule has 4 aromatic rings. The largest absolute Gasteiger partial charge is 0.401 e. The zero-order chi connectivity index (χ0) is 26.8. The highest BCUT2D eigenvalue weighted by Crippen LogP contribution is 2.34. The van der Waals surface area contributed by atoms with Crippen LogP contribution in [0.3, 0.4) is 0 Å². The molecule has 0 aliphatic rings. The second-order valence-corrected chi connectivity index (χ2v) is 10.2. The molecule has 1 N–H and O–H groups in total. The van der Waals surface area contributed by atoms with Gasteiger partial charge in [0.2, 0.25) is 5.88 Å². The van der Waals surface area contributed by atoms with Gasteiger partial charge in [-0.15, -0.1) is 0 Å². The van der Waals surface area contributed by atoms with E-state index in [4.69, 9.17) is 4.52 Å². The van der Waals surface area contributed by atoms with Crippen LogP contribution in [0.25, 0.3) is 22.5 Å². The molecule has 0 bridgehead atoms. The Bertz CT molecular complexity index is 1510. The third-order valence-electron chi connectivity index (χ3n) is 5.67. The lowest BCUT2D eigenvalue weighted by Gasteiger charge is -2.22. The topological polar surface area (TPSA) is 101 Å². The number of nitrogens with zero attached hydrogens (tertiary/aromatic N) is 4. The van der Waals surface area contributed by atoms with Crippen LogP contribution in [0.2, 0.25) is 0 Å². The Morgan fingerprint density at radius 1 is 1.00 bits per heavy atom. The fourth-order valence-electron chi connectivity index (χ4n) is 3.84. The summed E-state index contributed by atoms with van der Waals surface area (Å²) in [4.78, 5) is 9.49. The van der Waals surface area contributed by atoms with Gasteiger partial charge in [0.05, 0.1) is 17.1 Å². The molecule has 0 aliphatic carbocycles. The van der Waals surface area contributed by atoms with Gasteiger partial charge in [-0.2, -0.15) is 13.2 Å². The summed E-state index contributed by atoms with van der Waals surface area (Å²) in [5.41, 5.74) is 2.93. The Labute approximate surface area is 212 Å². The fourth-order valence-corrected chi connectivity index (χ4v) is 5.11. The van der Waals surface area contributed by atoms with Crippen LogP contribution >= 0.6 is 0 Å². The van der Waals surface area contributed by atoms with Crippen LogP contribution in [0.15, 0.2) is 70.3 Å². The van der Waals surface area contributed by atoms with Crippen molar-refractivity contribution >= 4 is 15.9 Å². The Morgan fingerprint density at radius 3 is 2.35 bits per heavy atom. The highest BCUT2D eigenvalue weighted by Gasteiger charge is 2.30. The van der Waals surface area contributed by atoms with E-state index >= 15 is 0 Å². The summed E-state index contributed by atoms with van der Waals surface area (Å²) in [5, 5.41) is 3.78. The molecule has 0 atom stereocenters. The van der Waals surface area contributed by atoms with Crippen LogP contribution in [0.1, 0.15) is 16.8 Å². The van der Waals surface area contributed by atoms with E-state index in [1.807, 2.05) is 0 Å². The van der Waals surface area contributed by atoms with Crippen molar-refractivity contribution < 1.29 is 26.1 Å². The average molecular weight is 532 g/mol. The summed E-state index contributed by atoms with van der Waals surface area (Å²) in [6, 6.07) is 13.0. The van der Waals surface area contributed by atoms with E-state index in [0.717, 1.165) is 4.90 Å². The molecule has 194 valence electrons. The van der Waals surface area contributed by atoms with Crippen LogP contribution in [0.5, 0.6) is 0 Å². The highest BCUT2D eigenvalue weighted by atomic mass is 32.2. The standard InChI is InChI=1S/C25H24F3N5O3S/c1-16-17(2)31-36-24(16)32-37(34,35)22-8-5-4-7-21(22)20-10-9-18(23-29-11-6-12-30-23)13-19(20)14-33(3)15-25(26,27)28/h4-13,32H,14-15H2,1-3H3. The summed E-state index contributed by atoms with van der Waals surface area (Å²) in [6.45, 7) is 2.13. The smallest absolute Gasteiger partial charge is 0.337 e. The molecule has 2 aromatic heterocycles. The maximum Gasteiger partial charge on any atom is 0.401 e. The zero-order valence-corrected chi connectivity index (χ0v) is 21.1. The van der Waals surface area contributed by atoms with Gasteiger partial charge in [0, 0.05) is 35.6 Å². The Morgan fingerprint density at radius 2 is 1.70 bits per heavy atom. The molecule has 0 unspecified atom stereocenters. The average Bonchev–Trinajstić information content (AvgIpc) is 3.15. The quantitative estimate of drug-likeness (QED) is 0.333. The number of halogens is 3. The van der Waals surface area contributed by atoms with E-state index in [1.165, 1.54) is 13.1 Å². The molecule has 0 saturated carbocycles. The number of nitrogens with one attached hydrogen (secondary N) is 1. The highest BCUT2D eigenvalue weighted by molar-refractivity contribution is 7.92. The second-order valence-electron chi connectivity index (χ2n) is 8.56. The van der Waals surface area contributed by atoms with Gasteiger partial charge in [0.25, 0.3) is 10.0 Å². The summed E-state index contributed by atoms with van der Waals surface area (Å²) >= 11 is 0. The van der Waals surface area contributed by atoms with Gasteiger partial charge in [-0.05, 0) is 50.2 Å². The number of rotatable bonds is 8. The predicted octanol–water partition coefficient (Wildman–Crippen LogP) is 5.21. The number of aromatic nitrogens is 3. The van der Waals surface area contributed by atoms with Crippen LogP contribution in [-0.2, 0) is 16.6 Å². The lowest BCUT2D eigenvalue weighted by atomic mass is 9.96. The van der Waals surface area contributed by atoms with Crippen molar-refractivity contribution in [2.24, 2.45) is 0 Å². The maximum atomic E-state index is 13.4. The third kappa shape index (κ3) is 6.15. The van der Waals surface area contributed by atoms with Crippen LogP contribution < -0.4 is 4.72 Å². The minimum atomic E-state index is -4.40. The van der Waals surface area contributed by atoms with Gasteiger partial charge in [-0.1, -0.05) is 35.5 Å². The number of sulfonamides is 1. The first kappa shape index (κ1) is 26.3. The number of alkyl halides is 3. The summed E-state index contributed by atoms with van der Waals surface area (Å²) in [5.74, 6) is 0.390. The van der Waals surface area contributed by atoms with Crippen molar-refractivity contribution in [3.63, 3.8) is 0 Å². The van der Waals surface area contributed by atoms with Gasteiger partial charge >= 0.3 is 6.18 Å². The molecule has 0 saturated heterocycles. The van der Waals surface area contributed by atoms with Gasteiger partial charge in [-0.25, -0.2) is 23.1 Å². The van der Waals surface area contributed by atoms with Crippen molar-refractivity contribution in [2.75, 3.05) is 18.3 Å². The summed E-state index contributed by atoms with van der Waals surface area (Å²) in [7, 11) is -2.79. The SMILES string of the molecule is Cc1noc(NS(=O)(=O)c2ccccc2-c2ccc(-c3ncccn3)cc2CN(C)CC(F)(F)F)c1C. The van der Waals surface area contributed by atoms with Crippen molar-refractivity contribution in [2.45, 2.75) is 31.5 Å². The van der Waals surface area contributed by atoms with Crippen LogP contribution in [-0.4, -0.2) is 48.2 Å². The molecule has 4 rings (SSSR count). The van der Waals surface area contributed by atoms with Crippen LogP contribution in [0, 0.1) is 13.8 Å². The molecule has 0 spiro atoms. The van der Waals surface area contributed by atoms with Crippen molar-refractivity contribution in [3.8, 4) is 22.5 Å². The molecule has 0 fully saturated rings. The number of aryl methyl sites for hydroxylation is 1. The fraction of sp³-hybridized carbons (Fsp3) is 0.240. The molecular weight excluding hydrogens is 507 g/mol. The monoisotopic (exact) mass is 531 g/mol. The second kappa shape index (κ2) is 10.3. The number of anilines is 1. The Hall–Kier alpha value is -3.77. The van der Waals surface area contributed by atoms with Gasteiger partial charge < -0.3 is 4.52 Å². The molecule has 8 nitrogen and oxygen atoms in total. The minimum absolute atomic E-state index is 0.00555. The van der Waals surface area contributed by atoms with E-state index in [9.17, 15) is 21.6 Å². The van der Waals surface area contributed by atoms with E-state index < -0.39 is 22.7 Å². The number of hydrogen-bond donors (Lipinski definition) is 1. The van der Waals surface area contributed by atoms with Crippen molar-refractivity contribution in [1.29, 1.82) is 0 Å². The van der Waals surface area contributed by atoms with E-state index in [1.54, 1.807) is 68.7 Å². The normalized spacial score (nSPS) is 12.2. The zero-order valence-electron chi connectivity index (χ0n) is 20.2. The van der Waals surface area contributed by atoms with Crippen molar-refractivity contribution in [3.05, 3.63) is 77.7 Å².